The lowest BCUT2D eigenvalue weighted by molar-refractivity contribution is 1.13. The van der Waals surface area contributed by atoms with Crippen LogP contribution >= 0.6 is 0 Å². The highest BCUT2D eigenvalue weighted by Gasteiger charge is 2.04. The van der Waals surface area contributed by atoms with Gasteiger partial charge in [0.15, 0.2) is 0 Å². The maximum Gasteiger partial charge on any atom is 0.0994 e. The second-order valence-corrected chi connectivity index (χ2v) is 3.41. The van der Waals surface area contributed by atoms with Gasteiger partial charge in [0, 0.05) is 5.69 Å². The van der Waals surface area contributed by atoms with E-state index >= 15 is 0 Å². The largest absolute Gasteiger partial charge is 0.398 e. The minimum atomic E-state index is 0.724. The van der Waals surface area contributed by atoms with Crippen LogP contribution < -0.4 is 5.73 Å². The number of anilines is 1. The van der Waals surface area contributed by atoms with Gasteiger partial charge in [-0.1, -0.05) is 26.0 Å². The molecule has 0 bridgehead atoms. The van der Waals surface area contributed by atoms with Crippen LogP contribution in [-0.4, -0.2) is 0 Å². The predicted molar refractivity (Wildman–Crippen MR) is 64.3 cm³/mol. The van der Waals surface area contributed by atoms with Crippen molar-refractivity contribution in [1.29, 1.82) is 5.26 Å². The fourth-order valence-corrected chi connectivity index (χ4v) is 1.47. The lowest BCUT2D eigenvalue weighted by atomic mass is 10.0. The smallest absolute Gasteiger partial charge is 0.0994 e. The van der Waals surface area contributed by atoms with Gasteiger partial charge < -0.3 is 5.73 Å². The van der Waals surface area contributed by atoms with E-state index in [-0.39, 0.29) is 0 Å². The zero-order valence-corrected chi connectivity index (χ0v) is 9.25. The summed E-state index contributed by atoms with van der Waals surface area (Å²) >= 11 is 0. The number of nitriles is 1. The molecule has 0 aliphatic heterocycles. The van der Waals surface area contributed by atoms with E-state index in [1.807, 2.05) is 31.2 Å². The first-order valence-electron chi connectivity index (χ1n) is 5.22. The zero-order chi connectivity index (χ0) is 11.3. The molecule has 0 atom stereocenters. The van der Waals surface area contributed by atoms with Crippen molar-refractivity contribution in [3.05, 3.63) is 34.9 Å². The number of nitrogen functional groups attached to an aromatic ring is 1. The van der Waals surface area contributed by atoms with E-state index in [4.69, 9.17) is 11.0 Å². The molecular formula is C13H16N2. The Bertz CT molecular complexity index is 411. The Labute approximate surface area is 91.0 Å². The van der Waals surface area contributed by atoms with E-state index in [1.54, 1.807) is 0 Å². The summed E-state index contributed by atoms with van der Waals surface area (Å²) in [5.74, 6) is 0. The fraction of sp³-hybridized carbons (Fsp3) is 0.308. The highest BCUT2D eigenvalue weighted by Crippen LogP contribution is 2.20. The molecule has 0 heterocycles. The monoisotopic (exact) mass is 200 g/mol. The fourth-order valence-electron chi connectivity index (χ4n) is 1.47. The predicted octanol–water partition coefficient (Wildman–Crippen LogP) is 3.13. The number of rotatable bonds is 3. The van der Waals surface area contributed by atoms with Gasteiger partial charge in [-0.15, -0.1) is 0 Å². The van der Waals surface area contributed by atoms with Crippen molar-refractivity contribution in [3.63, 3.8) is 0 Å². The molecule has 0 spiro atoms. The van der Waals surface area contributed by atoms with Crippen molar-refractivity contribution in [3.8, 4) is 6.07 Å². The number of hydrogen-bond acceptors (Lipinski definition) is 2. The quantitative estimate of drug-likeness (QED) is 0.762. The molecule has 0 aromatic heterocycles. The third kappa shape index (κ3) is 2.60. The summed E-state index contributed by atoms with van der Waals surface area (Å²) in [5.41, 5.74) is 9.32. The van der Waals surface area contributed by atoms with Gasteiger partial charge in [-0.2, -0.15) is 5.26 Å². The van der Waals surface area contributed by atoms with E-state index in [1.165, 1.54) is 0 Å². The number of hydrogen-bond donors (Lipinski definition) is 1. The van der Waals surface area contributed by atoms with Gasteiger partial charge in [-0.25, -0.2) is 0 Å². The topological polar surface area (TPSA) is 49.8 Å². The first kappa shape index (κ1) is 11.3. The molecule has 0 fully saturated rings. The molecule has 0 saturated carbocycles. The van der Waals surface area contributed by atoms with E-state index in [0.29, 0.717) is 0 Å². The molecule has 2 heteroatoms. The van der Waals surface area contributed by atoms with Crippen LogP contribution in [0, 0.1) is 11.3 Å². The minimum absolute atomic E-state index is 0.724. The summed E-state index contributed by atoms with van der Waals surface area (Å²) in [6, 6.07) is 5.96. The summed E-state index contributed by atoms with van der Waals surface area (Å²) in [6.07, 6.45) is 5.82. The van der Waals surface area contributed by atoms with Gasteiger partial charge in [-0.3, -0.25) is 0 Å². The molecule has 0 aliphatic rings. The van der Waals surface area contributed by atoms with Crippen LogP contribution in [0.25, 0.3) is 6.08 Å². The zero-order valence-electron chi connectivity index (χ0n) is 9.25. The van der Waals surface area contributed by atoms with Crippen molar-refractivity contribution in [2.75, 3.05) is 5.73 Å². The third-order valence-corrected chi connectivity index (χ3v) is 2.34. The Morgan fingerprint density at radius 1 is 1.40 bits per heavy atom. The van der Waals surface area contributed by atoms with Gasteiger partial charge in [-0.05, 0) is 36.1 Å². The molecule has 0 saturated heterocycles. The Hall–Kier alpha value is -1.75. The second kappa shape index (κ2) is 5.21. The lowest BCUT2D eigenvalue weighted by Crippen LogP contribution is -1.95. The van der Waals surface area contributed by atoms with Gasteiger partial charge in [0.05, 0.1) is 11.6 Å². The lowest BCUT2D eigenvalue weighted by Gasteiger charge is -2.06. The molecule has 15 heavy (non-hydrogen) atoms. The third-order valence-electron chi connectivity index (χ3n) is 2.34. The van der Waals surface area contributed by atoms with Crippen molar-refractivity contribution < 1.29 is 0 Å². The maximum atomic E-state index is 8.98. The van der Waals surface area contributed by atoms with Crippen molar-refractivity contribution >= 4 is 11.8 Å². The molecule has 0 unspecified atom stereocenters. The Morgan fingerprint density at radius 3 is 2.67 bits per heavy atom. The van der Waals surface area contributed by atoms with Crippen molar-refractivity contribution in [2.45, 2.75) is 26.7 Å². The first-order valence-corrected chi connectivity index (χ1v) is 5.22. The standard InChI is InChI=1S/C13H16N2/c1-3-5-6-11-7-12(9-14)10(4-2)8-13(11)15/h5-8H,3-4,15H2,1-2H3/b6-5+. The summed E-state index contributed by atoms with van der Waals surface area (Å²) < 4.78 is 0. The van der Waals surface area contributed by atoms with Gasteiger partial charge in [0.2, 0.25) is 0 Å². The van der Waals surface area contributed by atoms with Crippen LogP contribution in [0.15, 0.2) is 18.2 Å². The first-order chi connectivity index (χ1) is 7.22. The normalized spacial score (nSPS) is 10.5. The SMILES string of the molecule is CC/C=C/c1cc(C#N)c(CC)cc1N. The van der Waals surface area contributed by atoms with Crippen LogP contribution in [0.4, 0.5) is 5.69 Å². The average Bonchev–Trinajstić information content (AvgIpc) is 2.27. The van der Waals surface area contributed by atoms with E-state index in [0.717, 1.165) is 35.2 Å². The van der Waals surface area contributed by atoms with E-state index in [9.17, 15) is 0 Å². The van der Waals surface area contributed by atoms with Gasteiger partial charge >= 0.3 is 0 Å². The molecule has 0 amide bonds. The van der Waals surface area contributed by atoms with E-state index < -0.39 is 0 Å². The molecule has 0 radical (unpaired) electrons. The summed E-state index contributed by atoms with van der Waals surface area (Å²) in [6.45, 7) is 4.09. The highest BCUT2D eigenvalue weighted by molar-refractivity contribution is 5.68. The molecule has 2 N–H and O–H groups in total. The van der Waals surface area contributed by atoms with Gasteiger partial charge in [0.1, 0.15) is 0 Å². The van der Waals surface area contributed by atoms with Gasteiger partial charge in [0.25, 0.3) is 0 Å². The number of nitrogens with two attached hydrogens (primary N) is 1. The van der Waals surface area contributed by atoms with Crippen LogP contribution in [0.3, 0.4) is 0 Å². The van der Waals surface area contributed by atoms with Crippen molar-refractivity contribution in [1.82, 2.24) is 0 Å². The molecule has 1 rings (SSSR count). The number of aryl methyl sites for hydroxylation is 1. The maximum absolute atomic E-state index is 8.98. The number of benzene rings is 1. The molecule has 1 aromatic carbocycles. The highest BCUT2D eigenvalue weighted by atomic mass is 14.6. The number of nitrogens with zero attached hydrogens (tertiary/aromatic N) is 1. The van der Waals surface area contributed by atoms with Crippen LogP contribution in [0.5, 0.6) is 0 Å². The molecule has 78 valence electrons. The molecule has 1 aromatic rings. The molecule has 2 nitrogen and oxygen atoms in total. The summed E-state index contributed by atoms with van der Waals surface area (Å²) in [4.78, 5) is 0. The molecule has 0 aliphatic carbocycles. The average molecular weight is 200 g/mol. The summed E-state index contributed by atoms with van der Waals surface area (Å²) in [7, 11) is 0. The minimum Gasteiger partial charge on any atom is -0.398 e. The Balaban J connectivity index is 3.21. The molecular weight excluding hydrogens is 184 g/mol. The number of allylic oxidation sites excluding steroid dienone is 1. The van der Waals surface area contributed by atoms with Crippen molar-refractivity contribution in [2.24, 2.45) is 0 Å². The van der Waals surface area contributed by atoms with Crippen LogP contribution in [-0.2, 0) is 6.42 Å². The van der Waals surface area contributed by atoms with Crippen LogP contribution in [0.1, 0.15) is 37.0 Å². The second-order valence-electron chi connectivity index (χ2n) is 3.41. The summed E-state index contributed by atoms with van der Waals surface area (Å²) in [5, 5.41) is 8.98. The van der Waals surface area contributed by atoms with E-state index in [2.05, 4.69) is 13.0 Å². The Kier molecular flexibility index (Phi) is 3.93. The van der Waals surface area contributed by atoms with Crippen LogP contribution in [0.2, 0.25) is 0 Å². The Morgan fingerprint density at radius 2 is 2.13 bits per heavy atom.